The maximum absolute atomic E-state index is 13.7. The molecule has 3 aliphatic heterocycles. The van der Waals surface area contributed by atoms with E-state index in [1.165, 1.54) is 16.3 Å². The lowest BCUT2D eigenvalue weighted by molar-refractivity contribution is -0.0565. The number of fused-ring (bicyclic) bond motifs is 2. The number of alkyl halides is 2. The van der Waals surface area contributed by atoms with E-state index >= 15 is 0 Å². The van der Waals surface area contributed by atoms with Gasteiger partial charge in [0, 0.05) is 75.3 Å². The molecule has 0 bridgehead atoms. The van der Waals surface area contributed by atoms with E-state index in [-0.39, 0.29) is 37.9 Å². The van der Waals surface area contributed by atoms with Crippen LogP contribution in [0.1, 0.15) is 63.3 Å². The molecule has 1 unspecified atom stereocenters. The number of hydrogen-bond donors (Lipinski definition) is 0. The number of aromatic nitrogens is 2. The summed E-state index contributed by atoms with van der Waals surface area (Å²) < 4.78 is 39.3. The molecule has 0 radical (unpaired) electrons. The first-order chi connectivity index (χ1) is 23.4. The van der Waals surface area contributed by atoms with Gasteiger partial charge in [0.25, 0.3) is 5.92 Å². The number of amides is 1. The topological polar surface area (TPSA) is 98.1 Å². The number of hydrogen-bond acceptors (Lipinski definition) is 9. The van der Waals surface area contributed by atoms with E-state index in [1.54, 1.807) is 4.90 Å². The summed E-state index contributed by atoms with van der Waals surface area (Å²) in [4.78, 5) is 31.3. The lowest BCUT2D eigenvalue weighted by atomic mass is 10.0. The van der Waals surface area contributed by atoms with Crippen LogP contribution < -0.4 is 14.5 Å². The molecule has 1 atom stereocenters. The standard InChI is InChI=1S/C37H47F2N7O3/c1-26-8-5-9-27-10-6-12-31(32(26)27)44-17-7-11-29-30(25-44)41-34(48-23-22-43-18-14-37(38,39)15-19-43)42-33(29)45-20-21-46(28(24-45)13-16-40)35(47)49-36(2,3)4/h5-6,8-10,12,28H,7,11,13-15,17-25H2,1-4H3. The van der Waals surface area contributed by atoms with Crippen LogP contribution in [0.2, 0.25) is 0 Å². The van der Waals surface area contributed by atoms with Crippen LogP contribution in [0.3, 0.4) is 0 Å². The number of aryl methyl sites for hydroxylation is 1. The molecule has 2 fully saturated rings. The number of ether oxygens (including phenoxy) is 2. The summed E-state index contributed by atoms with van der Waals surface area (Å²) in [6.07, 6.45) is 1.11. The SMILES string of the molecule is Cc1cccc2cccc(N3CCCc4c(nc(OCCN5CCC(F)(F)CC5)nc4N4CCN(C(=O)OC(C)(C)C)C(CC#N)C4)C3)c12. The van der Waals surface area contributed by atoms with Gasteiger partial charge in [0.1, 0.15) is 18.0 Å². The maximum atomic E-state index is 13.7. The molecule has 0 saturated carbocycles. The second kappa shape index (κ2) is 14.3. The van der Waals surface area contributed by atoms with Crippen LogP contribution >= 0.6 is 0 Å². The van der Waals surface area contributed by atoms with Gasteiger partial charge in [-0.3, -0.25) is 4.90 Å². The van der Waals surface area contributed by atoms with Crippen molar-refractivity contribution < 1.29 is 23.0 Å². The first-order valence-electron chi connectivity index (χ1n) is 17.4. The van der Waals surface area contributed by atoms with Gasteiger partial charge in [-0.1, -0.05) is 30.3 Å². The summed E-state index contributed by atoms with van der Waals surface area (Å²) in [5, 5.41) is 12.1. The molecule has 1 amide bonds. The quantitative estimate of drug-likeness (QED) is 0.284. The van der Waals surface area contributed by atoms with Gasteiger partial charge < -0.3 is 24.2 Å². The molecule has 1 aromatic heterocycles. The maximum Gasteiger partial charge on any atom is 0.410 e. The highest BCUT2D eigenvalue weighted by Gasteiger charge is 2.36. The summed E-state index contributed by atoms with van der Waals surface area (Å²) in [6.45, 7) is 11.8. The summed E-state index contributed by atoms with van der Waals surface area (Å²) >= 11 is 0. The molecule has 2 saturated heterocycles. The number of piperazine rings is 1. The van der Waals surface area contributed by atoms with Gasteiger partial charge in [-0.15, -0.1) is 0 Å². The number of nitrogens with zero attached hydrogens (tertiary/aromatic N) is 7. The van der Waals surface area contributed by atoms with Crippen molar-refractivity contribution >= 4 is 28.4 Å². The Balaban J connectivity index is 1.30. The minimum atomic E-state index is -2.60. The first kappa shape index (κ1) is 34.6. The van der Waals surface area contributed by atoms with Crippen LogP contribution in [0.4, 0.5) is 25.1 Å². The average Bonchev–Trinajstić information content (AvgIpc) is 3.27. The van der Waals surface area contributed by atoms with Crippen LogP contribution in [-0.2, 0) is 17.7 Å². The van der Waals surface area contributed by atoms with Gasteiger partial charge in [-0.25, -0.2) is 13.6 Å². The molecule has 12 heteroatoms. The van der Waals surface area contributed by atoms with E-state index < -0.39 is 17.6 Å². The number of anilines is 2. The number of rotatable bonds is 7. The predicted octanol–water partition coefficient (Wildman–Crippen LogP) is 6.34. The number of nitriles is 1. The Hall–Kier alpha value is -4.24. The normalized spacial score (nSPS) is 20.0. The molecule has 4 heterocycles. The van der Waals surface area contributed by atoms with Crippen molar-refractivity contribution in [2.24, 2.45) is 0 Å². The van der Waals surface area contributed by atoms with Crippen molar-refractivity contribution in [2.45, 2.75) is 83.9 Å². The Morgan fingerprint density at radius 2 is 1.80 bits per heavy atom. The zero-order valence-corrected chi connectivity index (χ0v) is 29.1. The van der Waals surface area contributed by atoms with Gasteiger partial charge in [0.2, 0.25) is 0 Å². The molecule has 49 heavy (non-hydrogen) atoms. The van der Waals surface area contributed by atoms with Gasteiger partial charge >= 0.3 is 12.1 Å². The van der Waals surface area contributed by atoms with Gasteiger partial charge in [0.05, 0.1) is 30.8 Å². The van der Waals surface area contributed by atoms with Crippen LogP contribution in [0.25, 0.3) is 10.8 Å². The molecular formula is C37H47F2N7O3. The molecule has 6 rings (SSSR count). The van der Waals surface area contributed by atoms with Crippen molar-refractivity contribution in [2.75, 3.05) is 62.2 Å². The fourth-order valence-electron chi connectivity index (χ4n) is 7.15. The molecule has 0 spiro atoms. The molecule has 0 aliphatic carbocycles. The third kappa shape index (κ3) is 8.15. The zero-order valence-electron chi connectivity index (χ0n) is 29.1. The largest absolute Gasteiger partial charge is 0.462 e. The lowest BCUT2D eigenvalue weighted by Crippen LogP contribution is -2.56. The minimum absolute atomic E-state index is 0.144. The summed E-state index contributed by atoms with van der Waals surface area (Å²) in [7, 11) is 0. The number of benzene rings is 2. The molecule has 2 aromatic carbocycles. The Morgan fingerprint density at radius 3 is 2.53 bits per heavy atom. The molecule has 3 aliphatic rings. The van der Waals surface area contributed by atoms with Crippen molar-refractivity contribution in [3.8, 4) is 12.1 Å². The molecular weight excluding hydrogens is 628 g/mol. The zero-order chi connectivity index (χ0) is 34.8. The van der Waals surface area contributed by atoms with E-state index in [9.17, 15) is 18.8 Å². The second-order valence-corrected chi connectivity index (χ2v) is 14.4. The highest BCUT2D eigenvalue weighted by atomic mass is 19.3. The molecule has 10 nitrogen and oxygen atoms in total. The van der Waals surface area contributed by atoms with E-state index in [1.807, 2.05) is 25.7 Å². The third-order valence-corrected chi connectivity index (χ3v) is 9.64. The fraction of sp³-hybridized carbons (Fsp3) is 0.568. The Morgan fingerprint density at radius 1 is 1.04 bits per heavy atom. The monoisotopic (exact) mass is 675 g/mol. The van der Waals surface area contributed by atoms with Crippen molar-refractivity contribution in [1.82, 2.24) is 19.8 Å². The highest BCUT2D eigenvalue weighted by molar-refractivity contribution is 5.96. The van der Waals surface area contributed by atoms with Crippen molar-refractivity contribution in [3.63, 3.8) is 0 Å². The van der Waals surface area contributed by atoms with E-state index in [0.29, 0.717) is 45.8 Å². The summed E-state index contributed by atoms with van der Waals surface area (Å²) in [6, 6.07) is 14.9. The fourth-order valence-corrected chi connectivity index (χ4v) is 7.15. The van der Waals surface area contributed by atoms with Crippen LogP contribution in [0, 0.1) is 18.3 Å². The molecule has 3 aromatic rings. The third-order valence-electron chi connectivity index (χ3n) is 9.64. The summed E-state index contributed by atoms with van der Waals surface area (Å²) in [5.74, 6) is -1.84. The first-order valence-corrected chi connectivity index (χ1v) is 17.4. The van der Waals surface area contributed by atoms with Crippen molar-refractivity contribution in [3.05, 3.63) is 53.2 Å². The number of carbonyl (C=O) groups is 1. The van der Waals surface area contributed by atoms with Gasteiger partial charge in [0.15, 0.2) is 0 Å². The second-order valence-electron chi connectivity index (χ2n) is 14.4. The number of carbonyl (C=O) groups excluding carboxylic acids is 1. The van der Waals surface area contributed by atoms with Gasteiger partial charge in [-0.2, -0.15) is 15.2 Å². The minimum Gasteiger partial charge on any atom is -0.462 e. The predicted molar refractivity (Wildman–Crippen MR) is 185 cm³/mol. The van der Waals surface area contributed by atoms with Gasteiger partial charge in [-0.05, 0) is 57.6 Å². The smallest absolute Gasteiger partial charge is 0.410 e. The van der Waals surface area contributed by atoms with E-state index in [2.05, 4.69) is 59.2 Å². The van der Waals surface area contributed by atoms with Crippen LogP contribution in [0.5, 0.6) is 6.01 Å². The van der Waals surface area contributed by atoms with Crippen LogP contribution in [0.15, 0.2) is 36.4 Å². The summed E-state index contributed by atoms with van der Waals surface area (Å²) in [5.41, 5.74) is 3.66. The highest BCUT2D eigenvalue weighted by Crippen LogP contribution is 2.36. The molecule has 262 valence electrons. The Labute approximate surface area is 287 Å². The average molecular weight is 676 g/mol. The number of piperidine rings is 1. The molecule has 0 N–H and O–H groups in total. The van der Waals surface area contributed by atoms with Crippen LogP contribution in [-0.4, -0.2) is 95.8 Å². The Bertz CT molecular complexity index is 1690. The number of halogens is 2. The van der Waals surface area contributed by atoms with E-state index in [4.69, 9.17) is 19.4 Å². The van der Waals surface area contributed by atoms with E-state index in [0.717, 1.165) is 42.1 Å². The Kier molecular flexibility index (Phi) is 10.1. The number of likely N-dealkylation sites (tertiary alicyclic amines) is 1. The van der Waals surface area contributed by atoms with Crippen molar-refractivity contribution in [1.29, 1.82) is 5.26 Å². The lowest BCUT2D eigenvalue weighted by Gasteiger charge is -2.42.